The molecule has 0 rings (SSSR count). The molecule has 1 N–H and O–H groups in total. The standard InChI is InChI=1S/C4H4F7NO6S3/c1-19(13,14)12-21(17,18)4(9,10)2(5,6)3(7,8)20(11,15)16/h12H,1H3. The van der Waals surface area contributed by atoms with Gasteiger partial charge in [-0.15, -0.1) is 4.13 Å². The molecular weight excluding hydrogens is 387 g/mol. The zero-order valence-corrected chi connectivity index (χ0v) is 11.8. The zero-order valence-electron chi connectivity index (χ0n) is 9.32. The highest BCUT2D eigenvalue weighted by atomic mass is 32.3. The molecule has 7 nitrogen and oxygen atoms in total. The lowest BCUT2D eigenvalue weighted by Crippen LogP contribution is -2.62. The highest BCUT2D eigenvalue weighted by molar-refractivity contribution is 8.04. The van der Waals surface area contributed by atoms with Gasteiger partial charge in [0.15, 0.2) is 0 Å². The van der Waals surface area contributed by atoms with E-state index in [1.165, 1.54) is 0 Å². The molecule has 0 radical (unpaired) electrons. The molecule has 0 aromatic carbocycles. The number of alkyl halides is 6. The van der Waals surface area contributed by atoms with Crippen molar-refractivity contribution in [1.29, 1.82) is 0 Å². The molecule has 0 aliphatic carbocycles. The first-order valence-corrected chi connectivity index (χ1v) is 8.77. The molecule has 0 bridgehead atoms. The Labute approximate surface area is 113 Å². The summed E-state index contributed by atoms with van der Waals surface area (Å²) in [4.78, 5) is 0. The fourth-order valence-corrected chi connectivity index (χ4v) is 3.72. The molecule has 0 saturated heterocycles. The summed E-state index contributed by atoms with van der Waals surface area (Å²) in [6, 6.07) is 0. The molecule has 0 saturated carbocycles. The van der Waals surface area contributed by atoms with E-state index in [9.17, 15) is 55.5 Å². The lowest BCUT2D eigenvalue weighted by Gasteiger charge is -2.29. The van der Waals surface area contributed by atoms with Crippen molar-refractivity contribution in [3.05, 3.63) is 0 Å². The van der Waals surface area contributed by atoms with Gasteiger partial charge in [-0.3, -0.25) is 0 Å². The topological polar surface area (TPSA) is 114 Å². The van der Waals surface area contributed by atoms with E-state index in [2.05, 4.69) is 0 Å². The number of halogens is 7. The Balaban J connectivity index is 6.27. The summed E-state index contributed by atoms with van der Waals surface area (Å²) in [5.41, 5.74) is 0. The van der Waals surface area contributed by atoms with Crippen LogP contribution in [0.2, 0.25) is 0 Å². The number of hydrogen-bond acceptors (Lipinski definition) is 6. The Bertz CT molecular complexity index is 722. The van der Waals surface area contributed by atoms with Crippen molar-refractivity contribution in [2.45, 2.75) is 16.4 Å². The Morgan fingerprint density at radius 1 is 0.762 bits per heavy atom. The molecule has 128 valence electrons. The minimum atomic E-state index is -7.65. The minimum absolute atomic E-state index is 0.0708. The molecule has 17 heteroatoms. The van der Waals surface area contributed by atoms with Gasteiger partial charge in [-0.1, -0.05) is 3.89 Å². The van der Waals surface area contributed by atoms with Crippen LogP contribution in [-0.4, -0.2) is 47.9 Å². The lowest BCUT2D eigenvalue weighted by molar-refractivity contribution is -0.245. The Kier molecular flexibility index (Phi) is 4.76. The second kappa shape index (κ2) is 4.92. The maximum absolute atomic E-state index is 13.0. The van der Waals surface area contributed by atoms with Crippen molar-refractivity contribution in [3.63, 3.8) is 0 Å². The van der Waals surface area contributed by atoms with Crippen LogP contribution in [0.4, 0.5) is 30.2 Å². The highest BCUT2D eigenvalue weighted by Crippen LogP contribution is 2.50. The van der Waals surface area contributed by atoms with Gasteiger partial charge in [-0.05, 0) is 0 Å². The normalized spacial score (nSPS) is 16.0. The quantitative estimate of drug-likeness (QED) is 0.503. The lowest BCUT2D eigenvalue weighted by atomic mass is 10.3. The monoisotopic (exact) mass is 391 g/mol. The minimum Gasteiger partial charge on any atom is -0.212 e. The number of hydrogen-bond donors (Lipinski definition) is 1. The predicted molar refractivity (Wildman–Crippen MR) is 51.8 cm³/mol. The summed E-state index contributed by atoms with van der Waals surface area (Å²) in [7, 11) is -19.8. The average Bonchev–Trinajstić information content (AvgIpc) is 2.10. The maximum atomic E-state index is 13.0. The van der Waals surface area contributed by atoms with Gasteiger partial charge in [0.2, 0.25) is 10.0 Å². The van der Waals surface area contributed by atoms with Crippen LogP contribution in [-0.2, 0) is 30.3 Å². The Morgan fingerprint density at radius 2 is 1.10 bits per heavy atom. The summed E-state index contributed by atoms with van der Waals surface area (Å²) in [6.45, 7) is 0. The van der Waals surface area contributed by atoms with E-state index in [-0.39, 0.29) is 10.4 Å². The first kappa shape index (κ1) is 20.3. The zero-order chi connectivity index (χ0) is 17.7. The van der Waals surface area contributed by atoms with E-state index >= 15 is 0 Å². The molecule has 0 fully saturated rings. The first-order valence-electron chi connectivity index (χ1n) is 4.01. The molecule has 0 aliphatic heterocycles. The Hall–Kier alpha value is -0.680. The van der Waals surface area contributed by atoms with Crippen LogP contribution in [0.25, 0.3) is 0 Å². The van der Waals surface area contributed by atoms with Gasteiger partial charge >= 0.3 is 26.7 Å². The molecule has 0 aromatic heterocycles. The van der Waals surface area contributed by atoms with Crippen molar-refractivity contribution < 1.29 is 55.5 Å². The summed E-state index contributed by atoms with van der Waals surface area (Å²) in [5.74, 6) is -7.32. The van der Waals surface area contributed by atoms with E-state index in [1.807, 2.05) is 0 Å². The third kappa shape index (κ3) is 3.39. The fraction of sp³-hybridized carbons (Fsp3) is 1.00. The van der Waals surface area contributed by atoms with Gasteiger partial charge in [0.1, 0.15) is 0 Å². The molecule has 0 amide bonds. The second-order valence-corrected chi connectivity index (χ2v) is 8.52. The van der Waals surface area contributed by atoms with Crippen LogP contribution in [0.3, 0.4) is 0 Å². The molecule has 0 heterocycles. The summed E-state index contributed by atoms with van der Waals surface area (Å²) in [6.07, 6.45) is -0.108. The van der Waals surface area contributed by atoms with Crippen LogP contribution < -0.4 is 4.13 Å². The van der Waals surface area contributed by atoms with Crippen molar-refractivity contribution in [3.8, 4) is 0 Å². The molecule has 21 heavy (non-hydrogen) atoms. The van der Waals surface area contributed by atoms with Gasteiger partial charge in [0, 0.05) is 0 Å². The summed E-state index contributed by atoms with van der Waals surface area (Å²) in [5, 5.41) is -14.1. The molecule has 0 atom stereocenters. The molecular formula is C4H4F7NO6S3. The fourth-order valence-electron chi connectivity index (χ4n) is 0.743. The van der Waals surface area contributed by atoms with Crippen LogP contribution in [0.1, 0.15) is 0 Å². The van der Waals surface area contributed by atoms with Crippen molar-refractivity contribution >= 4 is 30.3 Å². The largest absolute Gasteiger partial charge is 0.443 e. The molecule has 0 unspecified atom stereocenters. The van der Waals surface area contributed by atoms with Crippen molar-refractivity contribution in [2.75, 3.05) is 6.26 Å². The summed E-state index contributed by atoms with van der Waals surface area (Å²) < 4.78 is 150. The van der Waals surface area contributed by atoms with E-state index in [0.29, 0.717) is 0 Å². The highest BCUT2D eigenvalue weighted by Gasteiger charge is 2.82. The van der Waals surface area contributed by atoms with Gasteiger partial charge < -0.3 is 0 Å². The van der Waals surface area contributed by atoms with Gasteiger partial charge in [0.25, 0.3) is 10.0 Å². The third-order valence-corrected chi connectivity index (χ3v) is 5.52. The number of rotatable bonds is 6. The van der Waals surface area contributed by atoms with E-state index in [0.717, 1.165) is 0 Å². The Morgan fingerprint density at radius 3 is 1.33 bits per heavy atom. The van der Waals surface area contributed by atoms with Crippen molar-refractivity contribution in [2.24, 2.45) is 0 Å². The molecule has 0 aliphatic rings. The third-order valence-electron chi connectivity index (χ3n) is 1.64. The van der Waals surface area contributed by atoms with Crippen LogP contribution >= 0.6 is 0 Å². The predicted octanol–water partition coefficient (Wildman–Crippen LogP) is -0.0144. The smallest absolute Gasteiger partial charge is 0.212 e. The number of nitrogens with one attached hydrogen (secondary N) is 1. The van der Waals surface area contributed by atoms with Gasteiger partial charge in [-0.2, -0.15) is 34.8 Å². The van der Waals surface area contributed by atoms with Crippen LogP contribution in [0.15, 0.2) is 0 Å². The van der Waals surface area contributed by atoms with Crippen LogP contribution in [0, 0.1) is 0 Å². The van der Waals surface area contributed by atoms with Gasteiger partial charge in [0.05, 0.1) is 6.26 Å². The van der Waals surface area contributed by atoms with Crippen molar-refractivity contribution in [1.82, 2.24) is 4.13 Å². The SMILES string of the molecule is CS(=O)(=O)NS(=O)(=O)C(F)(F)C(F)(F)C(F)(F)S(=O)(=O)F. The molecule has 0 aromatic rings. The van der Waals surface area contributed by atoms with E-state index in [1.54, 1.807) is 0 Å². The first-order chi connectivity index (χ1) is 8.71. The average molecular weight is 391 g/mol. The van der Waals surface area contributed by atoms with Gasteiger partial charge in [-0.25, -0.2) is 16.8 Å². The molecule has 0 spiro atoms. The summed E-state index contributed by atoms with van der Waals surface area (Å²) >= 11 is 0. The maximum Gasteiger partial charge on any atom is 0.443 e. The van der Waals surface area contributed by atoms with E-state index < -0.39 is 46.7 Å². The number of sulfonamides is 2. The van der Waals surface area contributed by atoms with E-state index in [4.69, 9.17) is 0 Å². The second-order valence-electron chi connectivity index (χ2n) is 3.40. The van der Waals surface area contributed by atoms with Crippen LogP contribution in [0.5, 0.6) is 0 Å².